The van der Waals surface area contributed by atoms with E-state index in [2.05, 4.69) is 12.1 Å². The van der Waals surface area contributed by atoms with E-state index >= 15 is 0 Å². The fourth-order valence-corrected chi connectivity index (χ4v) is 3.50. The molecule has 1 aromatic carbocycles. The van der Waals surface area contributed by atoms with Gasteiger partial charge in [-0.25, -0.2) is 0 Å². The van der Waals surface area contributed by atoms with Crippen LogP contribution < -0.4 is 0 Å². The van der Waals surface area contributed by atoms with Crippen molar-refractivity contribution in [1.82, 2.24) is 4.90 Å². The molecule has 2 heterocycles. The molecule has 0 radical (unpaired) electrons. The van der Waals surface area contributed by atoms with E-state index in [0.29, 0.717) is 13.1 Å². The monoisotopic (exact) mass is 311 g/mol. The molecule has 4 nitrogen and oxygen atoms in total. The maximum atomic E-state index is 12.8. The normalized spacial score (nSPS) is 30.2. The van der Waals surface area contributed by atoms with Gasteiger partial charge in [-0.15, -0.1) is 0 Å². The smallest absolute Gasteiger partial charge is 0.226 e. The Bertz CT molecular complexity index is 667. The zero-order valence-corrected chi connectivity index (χ0v) is 13.2. The summed E-state index contributed by atoms with van der Waals surface area (Å²) in [5.74, 6) is 1.50. The van der Waals surface area contributed by atoms with Gasteiger partial charge in [-0.05, 0) is 31.0 Å². The van der Waals surface area contributed by atoms with Gasteiger partial charge >= 0.3 is 0 Å². The second-order valence-electron chi connectivity index (χ2n) is 6.55. The third-order valence-corrected chi connectivity index (χ3v) is 4.76. The lowest BCUT2D eigenvalue weighted by atomic mass is 10.1. The standard InChI is InChI=1S/C19H21NO3/c1-13-11-20(12-18(23-13)14-6-3-2-4-7-14)19(21)16-10-15(16)17-8-5-9-22-17/h2-9,13,15-16,18H,10-12H2,1H3/t13-,15-,16-,18+/m1/s1. The molecule has 2 fully saturated rings. The third kappa shape index (κ3) is 2.91. The summed E-state index contributed by atoms with van der Waals surface area (Å²) >= 11 is 0. The minimum Gasteiger partial charge on any atom is -0.469 e. The summed E-state index contributed by atoms with van der Waals surface area (Å²) in [4.78, 5) is 14.8. The summed E-state index contributed by atoms with van der Waals surface area (Å²) in [7, 11) is 0. The third-order valence-electron chi connectivity index (χ3n) is 4.76. The van der Waals surface area contributed by atoms with Crippen LogP contribution >= 0.6 is 0 Å². The zero-order valence-electron chi connectivity index (χ0n) is 13.2. The first-order chi connectivity index (χ1) is 11.2. The Hall–Kier alpha value is -2.07. The lowest BCUT2D eigenvalue weighted by Gasteiger charge is -2.37. The highest BCUT2D eigenvalue weighted by atomic mass is 16.5. The molecule has 0 spiro atoms. The number of hydrogen-bond donors (Lipinski definition) is 0. The minimum atomic E-state index is -0.0373. The molecule has 1 saturated carbocycles. The van der Waals surface area contributed by atoms with Crippen molar-refractivity contribution in [3.05, 3.63) is 60.1 Å². The SMILES string of the molecule is C[C@@H]1CN(C(=O)[C@@H]2C[C@H]2c2ccco2)C[C@@H](c2ccccc2)O1. The first kappa shape index (κ1) is 14.5. The van der Waals surface area contributed by atoms with Crippen molar-refractivity contribution >= 4 is 5.91 Å². The number of carbonyl (C=O) groups excluding carboxylic acids is 1. The first-order valence-corrected chi connectivity index (χ1v) is 8.25. The van der Waals surface area contributed by atoms with Crippen LogP contribution in [0.5, 0.6) is 0 Å². The van der Waals surface area contributed by atoms with Crippen molar-refractivity contribution in [1.29, 1.82) is 0 Å². The molecule has 1 amide bonds. The zero-order chi connectivity index (χ0) is 15.8. The van der Waals surface area contributed by atoms with E-state index in [9.17, 15) is 4.79 Å². The summed E-state index contributed by atoms with van der Waals surface area (Å²) < 4.78 is 11.5. The van der Waals surface area contributed by atoms with Gasteiger partial charge < -0.3 is 14.1 Å². The fourth-order valence-electron chi connectivity index (χ4n) is 3.50. The number of morpholine rings is 1. The lowest BCUT2D eigenvalue weighted by molar-refractivity contribution is -0.146. The fraction of sp³-hybridized carbons (Fsp3) is 0.421. The van der Waals surface area contributed by atoms with Crippen molar-refractivity contribution in [3.8, 4) is 0 Å². The average molecular weight is 311 g/mol. The number of furan rings is 1. The van der Waals surface area contributed by atoms with Gasteiger partial charge in [0.25, 0.3) is 0 Å². The molecule has 1 aromatic heterocycles. The van der Waals surface area contributed by atoms with Crippen LogP contribution in [0.15, 0.2) is 53.1 Å². The molecule has 23 heavy (non-hydrogen) atoms. The number of carbonyl (C=O) groups is 1. The topological polar surface area (TPSA) is 42.7 Å². The second-order valence-corrected chi connectivity index (χ2v) is 6.55. The summed E-state index contributed by atoms with van der Waals surface area (Å²) in [5, 5.41) is 0. The molecule has 0 N–H and O–H groups in total. The Morgan fingerprint density at radius 3 is 2.70 bits per heavy atom. The number of ether oxygens (including phenoxy) is 1. The van der Waals surface area contributed by atoms with E-state index in [1.807, 2.05) is 42.2 Å². The number of hydrogen-bond acceptors (Lipinski definition) is 3. The minimum absolute atomic E-state index is 0.0373. The van der Waals surface area contributed by atoms with Crippen LogP contribution in [-0.4, -0.2) is 30.0 Å². The summed E-state index contributed by atoms with van der Waals surface area (Å²) in [6, 6.07) is 14.0. The molecule has 0 unspecified atom stereocenters. The van der Waals surface area contributed by atoms with Crippen molar-refractivity contribution in [2.75, 3.05) is 13.1 Å². The second kappa shape index (κ2) is 5.85. The van der Waals surface area contributed by atoms with Gasteiger partial charge in [-0.2, -0.15) is 0 Å². The molecule has 1 aliphatic heterocycles. The van der Waals surface area contributed by atoms with Gasteiger partial charge in [0.15, 0.2) is 0 Å². The number of rotatable bonds is 3. The van der Waals surface area contributed by atoms with Gasteiger partial charge in [0.05, 0.1) is 18.9 Å². The average Bonchev–Trinajstić information content (AvgIpc) is 3.19. The van der Waals surface area contributed by atoms with Gasteiger partial charge in [0.2, 0.25) is 5.91 Å². The maximum Gasteiger partial charge on any atom is 0.226 e. The Morgan fingerprint density at radius 1 is 1.13 bits per heavy atom. The van der Waals surface area contributed by atoms with Crippen LogP contribution in [0, 0.1) is 5.92 Å². The lowest BCUT2D eigenvalue weighted by Crippen LogP contribution is -2.46. The summed E-state index contributed by atoms with van der Waals surface area (Å²) in [5.41, 5.74) is 1.13. The highest BCUT2D eigenvalue weighted by molar-refractivity contribution is 5.83. The van der Waals surface area contributed by atoms with Crippen LogP contribution in [0.3, 0.4) is 0 Å². The molecular weight excluding hydrogens is 290 g/mol. The summed E-state index contributed by atoms with van der Waals surface area (Å²) in [6.07, 6.45) is 2.59. The molecule has 2 aliphatic rings. The molecule has 1 aliphatic carbocycles. The predicted octanol–water partition coefficient (Wildman–Crippen LogP) is 3.37. The van der Waals surface area contributed by atoms with E-state index in [1.54, 1.807) is 6.26 Å². The highest BCUT2D eigenvalue weighted by Gasteiger charge is 2.48. The van der Waals surface area contributed by atoms with E-state index in [1.165, 1.54) is 0 Å². The quantitative estimate of drug-likeness (QED) is 0.873. The molecular formula is C19H21NO3. The molecule has 0 bridgehead atoms. The Labute approximate surface area is 136 Å². The van der Waals surface area contributed by atoms with Crippen LogP contribution in [-0.2, 0) is 9.53 Å². The Balaban J connectivity index is 1.45. The van der Waals surface area contributed by atoms with Gasteiger partial charge in [0, 0.05) is 18.4 Å². The molecule has 1 saturated heterocycles. The van der Waals surface area contributed by atoms with Crippen LogP contribution in [0.2, 0.25) is 0 Å². The number of nitrogens with zero attached hydrogens (tertiary/aromatic N) is 1. The van der Waals surface area contributed by atoms with Crippen LogP contribution in [0.4, 0.5) is 0 Å². The largest absolute Gasteiger partial charge is 0.469 e. The summed E-state index contributed by atoms with van der Waals surface area (Å²) in [6.45, 7) is 3.34. The number of amides is 1. The van der Waals surface area contributed by atoms with Crippen molar-refractivity contribution in [2.45, 2.75) is 31.5 Å². The maximum absolute atomic E-state index is 12.8. The first-order valence-electron chi connectivity index (χ1n) is 8.25. The molecule has 4 atom stereocenters. The van der Waals surface area contributed by atoms with Crippen molar-refractivity contribution in [2.24, 2.45) is 5.92 Å². The van der Waals surface area contributed by atoms with E-state index < -0.39 is 0 Å². The molecule has 120 valence electrons. The van der Waals surface area contributed by atoms with E-state index in [0.717, 1.165) is 17.7 Å². The van der Waals surface area contributed by atoms with Crippen LogP contribution in [0.25, 0.3) is 0 Å². The van der Waals surface area contributed by atoms with Gasteiger partial charge in [-0.3, -0.25) is 4.79 Å². The predicted molar refractivity (Wildman–Crippen MR) is 85.9 cm³/mol. The molecule has 4 heteroatoms. The van der Waals surface area contributed by atoms with E-state index in [-0.39, 0.29) is 30.0 Å². The number of benzene rings is 1. The Morgan fingerprint density at radius 2 is 1.96 bits per heavy atom. The van der Waals surface area contributed by atoms with Gasteiger partial charge in [-0.1, -0.05) is 30.3 Å². The Kier molecular flexibility index (Phi) is 3.69. The van der Waals surface area contributed by atoms with Crippen molar-refractivity contribution < 1.29 is 13.9 Å². The van der Waals surface area contributed by atoms with Crippen LogP contribution in [0.1, 0.15) is 36.7 Å². The van der Waals surface area contributed by atoms with E-state index in [4.69, 9.17) is 9.15 Å². The highest BCUT2D eigenvalue weighted by Crippen LogP contribution is 2.49. The molecule has 4 rings (SSSR count). The van der Waals surface area contributed by atoms with Gasteiger partial charge in [0.1, 0.15) is 11.9 Å². The van der Waals surface area contributed by atoms with Crippen molar-refractivity contribution in [3.63, 3.8) is 0 Å². The molecule has 2 aromatic rings.